The summed E-state index contributed by atoms with van der Waals surface area (Å²) in [5.74, 6) is 0. The molecule has 3 aromatic heterocycles. The fraction of sp³-hybridized carbons (Fsp3) is 0.0455. The molecule has 0 spiro atoms. The normalized spacial score (nSPS) is 16.3. The van der Waals surface area contributed by atoms with E-state index in [-0.39, 0.29) is 5.41 Å². The van der Waals surface area contributed by atoms with E-state index in [4.69, 9.17) is 0 Å². The van der Waals surface area contributed by atoms with Crippen LogP contribution >= 0.6 is 22.7 Å². The predicted molar refractivity (Wildman–Crippen MR) is 203 cm³/mol. The Bertz CT molecular complexity index is 3040. The van der Waals surface area contributed by atoms with E-state index in [1.165, 1.54) is 107 Å². The van der Waals surface area contributed by atoms with Crippen molar-refractivity contribution in [2.75, 3.05) is 0 Å². The minimum atomic E-state index is -0.327. The van der Waals surface area contributed by atoms with Gasteiger partial charge in [0, 0.05) is 62.2 Å². The van der Waals surface area contributed by atoms with Gasteiger partial charge in [-0.2, -0.15) is 0 Å². The van der Waals surface area contributed by atoms with E-state index in [0.717, 1.165) is 0 Å². The topological polar surface area (TPSA) is 4.93 Å². The molecule has 1 aliphatic carbocycles. The summed E-state index contributed by atoms with van der Waals surface area (Å²) in [7, 11) is 0. The predicted octanol–water partition coefficient (Wildman–Crippen LogP) is 12.8. The summed E-state index contributed by atoms with van der Waals surface area (Å²) < 4.78 is 7.92. The highest BCUT2D eigenvalue weighted by Gasteiger charge is 2.43. The molecule has 0 saturated carbocycles. The Balaban J connectivity index is 1.39. The molecule has 0 radical (unpaired) electrons. The highest BCUT2D eigenvalue weighted by atomic mass is 32.1. The van der Waals surface area contributed by atoms with E-state index < -0.39 is 0 Å². The molecule has 1 atom stereocenters. The molecule has 7 aromatic carbocycles. The zero-order chi connectivity index (χ0) is 30.6. The van der Waals surface area contributed by atoms with Crippen molar-refractivity contribution >= 4 is 84.8 Å². The molecule has 0 N–H and O–H groups in total. The van der Waals surface area contributed by atoms with Gasteiger partial charge in [-0.3, -0.25) is 0 Å². The van der Waals surface area contributed by atoms with Crippen molar-refractivity contribution in [3.05, 3.63) is 150 Å². The van der Waals surface area contributed by atoms with Crippen molar-refractivity contribution < 1.29 is 0 Å². The third-order valence-corrected chi connectivity index (χ3v) is 13.5. The summed E-state index contributed by atoms with van der Waals surface area (Å²) in [5.41, 5.74) is 12.9. The molecule has 1 unspecified atom stereocenters. The van der Waals surface area contributed by atoms with Gasteiger partial charge in [-0.05, 0) is 94.4 Å². The van der Waals surface area contributed by atoms with Gasteiger partial charge < -0.3 is 4.57 Å². The first-order valence-electron chi connectivity index (χ1n) is 16.3. The van der Waals surface area contributed by atoms with E-state index >= 15 is 0 Å². The Hall–Kier alpha value is -5.22. The van der Waals surface area contributed by atoms with Crippen LogP contribution in [-0.2, 0) is 5.41 Å². The second-order valence-electron chi connectivity index (χ2n) is 13.4. The van der Waals surface area contributed by atoms with Crippen LogP contribution in [0.15, 0.2) is 133 Å². The minimum Gasteiger partial charge on any atom is -0.309 e. The molecule has 2 aliphatic rings. The molecule has 1 aliphatic heterocycles. The molecule has 12 rings (SSSR count). The van der Waals surface area contributed by atoms with Crippen LogP contribution in [0, 0.1) is 0 Å². The lowest BCUT2D eigenvalue weighted by Gasteiger charge is -2.30. The van der Waals surface area contributed by atoms with Crippen LogP contribution in [0.2, 0.25) is 0 Å². The lowest BCUT2D eigenvalue weighted by Crippen LogP contribution is -2.22. The smallest absolute Gasteiger partial charge is 0.0544 e. The molecule has 218 valence electrons. The van der Waals surface area contributed by atoms with Crippen LogP contribution in [0.4, 0.5) is 0 Å². The van der Waals surface area contributed by atoms with Gasteiger partial charge in [0.25, 0.3) is 0 Å². The van der Waals surface area contributed by atoms with Gasteiger partial charge >= 0.3 is 0 Å². The van der Waals surface area contributed by atoms with Gasteiger partial charge in [0.05, 0.1) is 11.0 Å². The maximum absolute atomic E-state index is 2.53. The Kier molecular flexibility index (Phi) is 4.44. The van der Waals surface area contributed by atoms with Crippen molar-refractivity contribution in [2.24, 2.45) is 0 Å². The van der Waals surface area contributed by atoms with Crippen molar-refractivity contribution in [1.82, 2.24) is 4.57 Å². The highest BCUT2D eigenvalue weighted by Crippen LogP contribution is 2.58. The first-order valence-corrected chi connectivity index (χ1v) is 17.9. The van der Waals surface area contributed by atoms with E-state index in [0.29, 0.717) is 0 Å². The minimum absolute atomic E-state index is 0.327. The van der Waals surface area contributed by atoms with E-state index in [9.17, 15) is 0 Å². The lowest BCUT2D eigenvalue weighted by molar-refractivity contribution is 0.723. The van der Waals surface area contributed by atoms with Gasteiger partial charge in [0.2, 0.25) is 0 Å². The number of para-hydroxylation sites is 1. The monoisotopic (exact) mass is 631 g/mol. The van der Waals surface area contributed by atoms with E-state index in [1.54, 1.807) is 0 Å². The molecule has 0 fully saturated rings. The zero-order valence-electron chi connectivity index (χ0n) is 25.5. The van der Waals surface area contributed by atoms with Crippen molar-refractivity contribution in [1.29, 1.82) is 0 Å². The fourth-order valence-electron chi connectivity index (χ4n) is 9.14. The summed E-state index contributed by atoms with van der Waals surface area (Å²) in [5, 5.41) is 8.02. The Morgan fingerprint density at radius 3 is 2.17 bits per heavy atom. The number of nitrogens with zero attached hydrogens (tertiary/aromatic N) is 1. The zero-order valence-corrected chi connectivity index (χ0v) is 27.1. The van der Waals surface area contributed by atoms with Crippen molar-refractivity contribution in [2.45, 2.75) is 12.3 Å². The van der Waals surface area contributed by atoms with Crippen LogP contribution in [-0.4, -0.2) is 4.57 Å². The van der Waals surface area contributed by atoms with Crippen LogP contribution in [0.25, 0.3) is 90.1 Å². The van der Waals surface area contributed by atoms with Gasteiger partial charge in [-0.1, -0.05) is 84.9 Å². The maximum Gasteiger partial charge on any atom is 0.0544 e. The van der Waals surface area contributed by atoms with Gasteiger partial charge in [-0.15, -0.1) is 22.7 Å². The molecule has 6 bridgehead atoms. The molecule has 10 aromatic rings. The van der Waals surface area contributed by atoms with E-state index in [1.807, 2.05) is 22.7 Å². The highest BCUT2D eigenvalue weighted by molar-refractivity contribution is 7.26. The molecule has 0 amide bonds. The molecular formula is C44H25NS2. The number of hydrogen-bond acceptors (Lipinski definition) is 2. The number of fused-ring (bicyclic) bond motifs is 18. The summed E-state index contributed by atoms with van der Waals surface area (Å²) in [6.07, 6.45) is 0. The van der Waals surface area contributed by atoms with Crippen molar-refractivity contribution in [3.63, 3.8) is 0 Å². The average Bonchev–Trinajstić information content (AvgIpc) is 3.84. The first-order chi connectivity index (χ1) is 23.2. The quantitative estimate of drug-likeness (QED) is 0.157. The van der Waals surface area contributed by atoms with Gasteiger partial charge in [-0.25, -0.2) is 0 Å². The van der Waals surface area contributed by atoms with Crippen molar-refractivity contribution in [3.8, 4) is 27.9 Å². The number of rotatable bonds is 0. The standard InChI is InChI=1S/C44H25NS2/c1-44-33-13-5-2-9-25(33)30-22-31-26-10-3-6-14-36(26)45(37(31)23-35(30)44)24-17-20-39-32(21-24)41-27(12-8-16-40(41)46-39)28-18-19-34(44)43-42(28)29-11-4-7-15-38(29)47-43/h2-23H,1H3. The number of thiophene rings is 2. The number of hydrogen-bond donors (Lipinski definition) is 0. The average molecular weight is 632 g/mol. The largest absolute Gasteiger partial charge is 0.309 e. The molecule has 0 saturated heterocycles. The lowest BCUT2D eigenvalue weighted by atomic mass is 9.73. The number of benzene rings is 7. The summed E-state index contributed by atoms with van der Waals surface area (Å²) in [4.78, 5) is 0. The fourth-order valence-corrected chi connectivity index (χ4v) is 11.6. The van der Waals surface area contributed by atoms with E-state index in [2.05, 4.69) is 145 Å². The Morgan fingerprint density at radius 1 is 0.447 bits per heavy atom. The van der Waals surface area contributed by atoms with Gasteiger partial charge in [0.15, 0.2) is 0 Å². The van der Waals surface area contributed by atoms with Crippen LogP contribution in [0.1, 0.15) is 23.6 Å². The second kappa shape index (κ2) is 8.38. The van der Waals surface area contributed by atoms with Crippen LogP contribution < -0.4 is 0 Å². The van der Waals surface area contributed by atoms with Crippen LogP contribution in [0.3, 0.4) is 0 Å². The Labute approximate surface area is 278 Å². The summed E-state index contributed by atoms with van der Waals surface area (Å²) in [6.45, 7) is 2.48. The Morgan fingerprint density at radius 2 is 1.21 bits per heavy atom. The summed E-state index contributed by atoms with van der Waals surface area (Å²) >= 11 is 3.86. The third-order valence-electron chi connectivity index (χ3n) is 11.2. The molecule has 3 heteroatoms. The van der Waals surface area contributed by atoms with Crippen LogP contribution in [0.5, 0.6) is 0 Å². The molecule has 1 nitrogen and oxygen atoms in total. The molecule has 47 heavy (non-hydrogen) atoms. The number of aromatic nitrogens is 1. The second-order valence-corrected chi connectivity index (χ2v) is 15.5. The van der Waals surface area contributed by atoms with Gasteiger partial charge in [0.1, 0.15) is 0 Å². The maximum atomic E-state index is 2.53. The summed E-state index contributed by atoms with van der Waals surface area (Å²) in [6, 6.07) is 51.0. The first kappa shape index (κ1) is 24.9. The third kappa shape index (κ3) is 2.89. The SMILES string of the molecule is CC12c3ccccc3-c3cc4c5ccccc5n(c4cc31)-c1ccc3sc4cccc(c4c3c1)-c1ccc2c2sc3ccccc3c12. The molecular weight excluding hydrogens is 607 g/mol. The molecule has 4 heterocycles.